The minimum Gasteiger partial charge on any atom is -0.342 e. The molecule has 0 saturated carbocycles. The van der Waals surface area contributed by atoms with Crippen LogP contribution in [0.5, 0.6) is 0 Å². The summed E-state index contributed by atoms with van der Waals surface area (Å²) in [5.41, 5.74) is 2.15. The lowest BCUT2D eigenvalue weighted by atomic mass is 10.1. The minimum atomic E-state index is -0.195. The van der Waals surface area contributed by atoms with Crippen LogP contribution in [0.3, 0.4) is 0 Å². The van der Waals surface area contributed by atoms with Gasteiger partial charge in [0.2, 0.25) is 5.91 Å². The summed E-state index contributed by atoms with van der Waals surface area (Å²) in [6, 6.07) is 4.07. The number of pyridine rings is 1. The van der Waals surface area contributed by atoms with E-state index in [1.165, 1.54) is 4.70 Å². The SMILES string of the molecule is CCN(CC)C(=O)C(C)NC(C)c1cnc2ccsc2c1. The normalized spacial score (nSPS) is 14.1. The summed E-state index contributed by atoms with van der Waals surface area (Å²) in [4.78, 5) is 18.6. The number of fused-ring (bicyclic) bond motifs is 1. The predicted molar refractivity (Wildman–Crippen MR) is 88.6 cm³/mol. The van der Waals surface area contributed by atoms with Crippen molar-refractivity contribution in [3.63, 3.8) is 0 Å². The molecule has 2 unspecified atom stereocenters. The molecule has 4 nitrogen and oxygen atoms in total. The second-order valence-corrected chi connectivity index (χ2v) is 6.14. The summed E-state index contributed by atoms with van der Waals surface area (Å²) in [5, 5.41) is 5.42. The van der Waals surface area contributed by atoms with E-state index in [-0.39, 0.29) is 18.0 Å². The largest absolute Gasteiger partial charge is 0.342 e. The molecule has 2 atom stereocenters. The van der Waals surface area contributed by atoms with Crippen molar-refractivity contribution < 1.29 is 4.79 Å². The molecule has 2 rings (SSSR count). The molecule has 1 N–H and O–H groups in total. The van der Waals surface area contributed by atoms with E-state index in [1.807, 2.05) is 43.3 Å². The van der Waals surface area contributed by atoms with Crippen LogP contribution in [-0.2, 0) is 4.79 Å². The number of hydrogen-bond donors (Lipinski definition) is 1. The van der Waals surface area contributed by atoms with Crippen molar-refractivity contribution in [2.75, 3.05) is 13.1 Å². The number of hydrogen-bond acceptors (Lipinski definition) is 4. The summed E-state index contributed by atoms with van der Waals surface area (Å²) in [6.45, 7) is 9.51. The van der Waals surface area contributed by atoms with Crippen molar-refractivity contribution in [3.05, 3.63) is 29.3 Å². The number of aromatic nitrogens is 1. The predicted octanol–water partition coefficient (Wildman–Crippen LogP) is 3.20. The molecule has 0 radical (unpaired) electrons. The third-order valence-corrected chi connectivity index (χ3v) is 4.62. The van der Waals surface area contributed by atoms with E-state index >= 15 is 0 Å². The third kappa shape index (κ3) is 3.60. The number of thiophene rings is 1. The fourth-order valence-electron chi connectivity index (χ4n) is 2.45. The molecule has 0 aliphatic heterocycles. The molecule has 1 amide bonds. The Labute approximate surface area is 130 Å². The molecule has 0 aliphatic carbocycles. The molecule has 21 heavy (non-hydrogen) atoms. The first-order valence-corrected chi connectivity index (χ1v) is 8.32. The van der Waals surface area contributed by atoms with Gasteiger partial charge in [0.15, 0.2) is 0 Å². The van der Waals surface area contributed by atoms with Crippen LogP contribution in [0, 0.1) is 0 Å². The van der Waals surface area contributed by atoms with Gasteiger partial charge in [-0.3, -0.25) is 15.1 Å². The molecule has 2 aromatic rings. The first-order valence-electron chi connectivity index (χ1n) is 7.44. The molecule has 0 bridgehead atoms. The molecule has 2 heterocycles. The van der Waals surface area contributed by atoms with Crippen molar-refractivity contribution in [2.45, 2.75) is 39.8 Å². The fourth-order valence-corrected chi connectivity index (χ4v) is 3.24. The zero-order valence-electron chi connectivity index (χ0n) is 13.1. The zero-order valence-corrected chi connectivity index (χ0v) is 13.9. The Balaban J connectivity index is 2.06. The van der Waals surface area contributed by atoms with Gasteiger partial charge in [0, 0.05) is 25.3 Å². The Kier molecular flexibility index (Phi) is 5.31. The summed E-state index contributed by atoms with van der Waals surface area (Å²) >= 11 is 1.69. The maximum atomic E-state index is 12.3. The van der Waals surface area contributed by atoms with Crippen molar-refractivity contribution in [1.82, 2.24) is 15.2 Å². The van der Waals surface area contributed by atoms with Crippen molar-refractivity contribution in [2.24, 2.45) is 0 Å². The van der Waals surface area contributed by atoms with E-state index in [1.54, 1.807) is 11.3 Å². The van der Waals surface area contributed by atoms with Gasteiger partial charge in [-0.25, -0.2) is 0 Å². The van der Waals surface area contributed by atoms with E-state index in [9.17, 15) is 4.79 Å². The molecular weight excluding hydrogens is 282 g/mol. The standard InChI is InChI=1S/C16H23N3OS/c1-5-19(6-2)16(20)12(4)18-11(3)13-9-15-14(17-10-13)7-8-21-15/h7-12,18H,5-6H2,1-4H3. The summed E-state index contributed by atoms with van der Waals surface area (Å²) in [6.07, 6.45) is 1.89. The van der Waals surface area contributed by atoms with Gasteiger partial charge in [-0.1, -0.05) is 0 Å². The lowest BCUT2D eigenvalue weighted by Gasteiger charge is -2.26. The number of nitrogens with zero attached hydrogens (tertiary/aromatic N) is 2. The number of rotatable bonds is 6. The quantitative estimate of drug-likeness (QED) is 0.891. The number of nitrogens with one attached hydrogen (secondary N) is 1. The highest BCUT2D eigenvalue weighted by atomic mass is 32.1. The Morgan fingerprint density at radius 2 is 2.10 bits per heavy atom. The van der Waals surface area contributed by atoms with E-state index < -0.39 is 0 Å². The molecule has 114 valence electrons. The third-order valence-electron chi connectivity index (χ3n) is 3.77. The molecule has 5 heteroatoms. The topological polar surface area (TPSA) is 45.2 Å². The van der Waals surface area contributed by atoms with Gasteiger partial charge in [0.1, 0.15) is 0 Å². The highest BCUT2D eigenvalue weighted by molar-refractivity contribution is 7.17. The van der Waals surface area contributed by atoms with Gasteiger partial charge in [0.05, 0.1) is 16.3 Å². The van der Waals surface area contributed by atoms with Crippen LogP contribution in [0.25, 0.3) is 10.2 Å². The van der Waals surface area contributed by atoms with Crippen molar-refractivity contribution in [1.29, 1.82) is 0 Å². The van der Waals surface area contributed by atoms with Crippen LogP contribution in [-0.4, -0.2) is 34.9 Å². The lowest BCUT2D eigenvalue weighted by Crippen LogP contribution is -2.45. The first kappa shape index (κ1) is 15.9. The van der Waals surface area contributed by atoms with Gasteiger partial charge in [-0.05, 0) is 50.8 Å². The number of carbonyl (C=O) groups excluding carboxylic acids is 1. The Bertz CT molecular complexity index is 606. The van der Waals surface area contributed by atoms with Gasteiger partial charge >= 0.3 is 0 Å². The van der Waals surface area contributed by atoms with Gasteiger partial charge < -0.3 is 4.90 Å². The molecule has 0 aliphatic rings. The summed E-state index contributed by atoms with van der Waals surface area (Å²) in [7, 11) is 0. The van der Waals surface area contributed by atoms with Crippen LogP contribution >= 0.6 is 11.3 Å². The Morgan fingerprint density at radius 3 is 2.76 bits per heavy atom. The first-order chi connectivity index (χ1) is 10.1. The fraction of sp³-hybridized carbons (Fsp3) is 0.500. The molecular formula is C16H23N3OS. The smallest absolute Gasteiger partial charge is 0.239 e. The van der Waals surface area contributed by atoms with Crippen molar-refractivity contribution >= 4 is 27.5 Å². The average Bonchev–Trinajstić information content (AvgIpc) is 2.95. The molecule has 0 saturated heterocycles. The lowest BCUT2D eigenvalue weighted by molar-refractivity contribution is -0.132. The van der Waals surface area contributed by atoms with E-state index in [0.29, 0.717) is 0 Å². The Hall–Kier alpha value is -1.46. The van der Waals surface area contributed by atoms with Gasteiger partial charge in [-0.15, -0.1) is 11.3 Å². The van der Waals surface area contributed by atoms with E-state index in [2.05, 4.69) is 23.3 Å². The number of amides is 1. The monoisotopic (exact) mass is 305 g/mol. The van der Waals surface area contributed by atoms with Gasteiger partial charge in [0.25, 0.3) is 0 Å². The highest BCUT2D eigenvalue weighted by Gasteiger charge is 2.20. The Morgan fingerprint density at radius 1 is 1.38 bits per heavy atom. The molecule has 0 spiro atoms. The van der Waals surface area contributed by atoms with E-state index in [4.69, 9.17) is 0 Å². The minimum absolute atomic E-state index is 0.0958. The maximum Gasteiger partial charge on any atom is 0.239 e. The molecule has 2 aromatic heterocycles. The second kappa shape index (κ2) is 7.00. The van der Waals surface area contributed by atoms with Crippen LogP contribution < -0.4 is 5.32 Å². The van der Waals surface area contributed by atoms with Crippen LogP contribution in [0.15, 0.2) is 23.7 Å². The van der Waals surface area contributed by atoms with Crippen LogP contribution in [0.2, 0.25) is 0 Å². The van der Waals surface area contributed by atoms with Gasteiger partial charge in [-0.2, -0.15) is 0 Å². The van der Waals surface area contributed by atoms with Crippen LogP contribution in [0.1, 0.15) is 39.3 Å². The van der Waals surface area contributed by atoms with Crippen molar-refractivity contribution in [3.8, 4) is 0 Å². The van der Waals surface area contributed by atoms with E-state index in [0.717, 1.165) is 24.2 Å². The second-order valence-electron chi connectivity index (χ2n) is 5.19. The number of carbonyl (C=O) groups is 1. The molecule has 0 aromatic carbocycles. The maximum absolute atomic E-state index is 12.3. The summed E-state index contributed by atoms with van der Waals surface area (Å²) < 4.78 is 1.18. The zero-order chi connectivity index (χ0) is 15.4. The summed E-state index contributed by atoms with van der Waals surface area (Å²) in [5.74, 6) is 0.150. The molecule has 0 fully saturated rings. The van der Waals surface area contributed by atoms with Crippen LogP contribution in [0.4, 0.5) is 0 Å². The number of likely N-dealkylation sites (N-methyl/N-ethyl adjacent to an activating group) is 1. The average molecular weight is 305 g/mol. The highest BCUT2D eigenvalue weighted by Crippen LogP contribution is 2.22.